The number of fused-ring (bicyclic) bond motifs is 1. The molecule has 0 bridgehead atoms. The molecule has 8 heteroatoms. The lowest BCUT2D eigenvalue weighted by Crippen LogP contribution is -2.37. The minimum absolute atomic E-state index is 0.224. The van der Waals surface area contributed by atoms with Gasteiger partial charge in [-0.05, 0) is 36.8 Å². The minimum atomic E-state index is -0.467. The van der Waals surface area contributed by atoms with Crippen LogP contribution in [0.2, 0.25) is 0 Å². The van der Waals surface area contributed by atoms with Gasteiger partial charge in [-0.1, -0.05) is 18.2 Å². The lowest BCUT2D eigenvalue weighted by atomic mass is 10.2. The second-order valence-corrected chi connectivity index (χ2v) is 6.22. The van der Waals surface area contributed by atoms with Gasteiger partial charge in [0, 0.05) is 0 Å². The van der Waals surface area contributed by atoms with Crippen LogP contribution in [0.3, 0.4) is 0 Å². The van der Waals surface area contributed by atoms with Crippen molar-refractivity contribution in [1.82, 2.24) is 14.9 Å². The molecule has 0 aliphatic rings. The van der Waals surface area contributed by atoms with Crippen LogP contribution in [0, 0.1) is 6.92 Å². The molecule has 144 valence electrons. The van der Waals surface area contributed by atoms with Crippen LogP contribution < -0.4 is 20.9 Å². The maximum atomic E-state index is 12.4. The molecule has 0 aliphatic heterocycles. The molecule has 1 aromatic heterocycles. The first-order chi connectivity index (χ1) is 13.5. The Bertz CT molecular complexity index is 1090. The summed E-state index contributed by atoms with van der Waals surface area (Å²) in [5.74, 6) is -0.342. The molecule has 28 heavy (non-hydrogen) atoms. The van der Waals surface area contributed by atoms with Gasteiger partial charge >= 0.3 is 0 Å². The summed E-state index contributed by atoms with van der Waals surface area (Å²) in [4.78, 5) is 40.8. The molecule has 3 rings (SSSR count). The van der Waals surface area contributed by atoms with Gasteiger partial charge in [0.05, 0.1) is 36.6 Å². The van der Waals surface area contributed by atoms with Crippen molar-refractivity contribution >= 4 is 28.4 Å². The van der Waals surface area contributed by atoms with Crippen LogP contribution in [0.1, 0.15) is 5.56 Å². The number of methoxy groups -OCH3 is 1. The monoisotopic (exact) mass is 380 g/mol. The number of hydrogen-bond acceptors (Lipinski definition) is 5. The van der Waals surface area contributed by atoms with Gasteiger partial charge in [-0.3, -0.25) is 19.0 Å². The highest BCUT2D eigenvalue weighted by molar-refractivity contribution is 5.95. The van der Waals surface area contributed by atoms with Gasteiger partial charge < -0.3 is 15.4 Å². The van der Waals surface area contributed by atoms with Gasteiger partial charge in [0.2, 0.25) is 11.8 Å². The number of amides is 2. The Hall–Kier alpha value is -3.68. The number of hydrogen-bond donors (Lipinski definition) is 2. The second kappa shape index (κ2) is 8.34. The van der Waals surface area contributed by atoms with Crippen molar-refractivity contribution in [3.05, 3.63) is 64.7 Å². The Morgan fingerprint density at radius 2 is 1.93 bits per heavy atom. The molecule has 2 amide bonds. The minimum Gasteiger partial charge on any atom is -0.495 e. The molecular formula is C20H20N4O4. The van der Waals surface area contributed by atoms with Gasteiger partial charge in [-0.15, -0.1) is 0 Å². The molecule has 0 unspecified atom stereocenters. The second-order valence-electron chi connectivity index (χ2n) is 6.22. The zero-order valence-electron chi connectivity index (χ0n) is 15.6. The first kappa shape index (κ1) is 19.1. The lowest BCUT2D eigenvalue weighted by Gasteiger charge is -2.12. The van der Waals surface area contributed by atoms with E-state index in [1.54, 1.807) is 36.4 Å². The van der Waals surface area contributed by atoms with Crippen molar-refractivity contribution in [3.63, 3.8) is 0 Å². The molecule has 2 aromatic carbocycles. The fourth-order valence-electron chi connectivity index (χ4n) is 2.72. The van der Waals surface area contributed by atoms with Crippen LogP contribution in [0.5, 0.6) is 5.75 Å². The van der Waals surface area contributed by atoms with E-state index in [0.717, 1.165) is 5.56 Å². The first-order valence-electron chi connectivity index (χ1n) is 8.63. The fraction of sp³-hybridized carbons (Fsp3) is 0.200. The van der Waals surface area contributed by atoms with E-state index in [1.807, 2.05) is 13.0 Å². The molecule has 0 spiro atoms. The predicted octanol–water partition coefficient (Wildman–Crippen LogP) is 1.47. The van der Waals surface area contributed by atoms with Gasteiger partial charge in [0.15, 0.2) is 0 Å². The summed E-state index contributed by atoms with van der Waals surface area (Å²) in [7, 11) is 1.51. The maximum Gasteiger partial charge on any atom is 0.261 e. The lowest BCUT2D eigenvalue weighted by molar-refractivity contribution is -0.124. The number of nitrogens with one attached hydrogen (secondary N) is 2. The quantitative estimate of drug-likeness (QED) is 0.674. The number of carbonyl (C=O) groups is 2. The molecule has 0 fully saturated rings. The molecule has 0 saturated carbocycles. The standard InChI is InChI=1S/C20H20N4O4/c1-13-7-8-17(28-2)16(9-13)23-18(25)10-21-19(26)11-24-12-22-15-6-4-3-5-14(15)20(24)27/h3-9,12H,10-11H2,1-2H3,(H,21,26)(H,23,25). The van der Waals surface area contributed by atoms with Crippen LogP contribution >= 0.6 is 0 Å². The normalized spacial score (nSPS) is 10.5. The van der Waals surface area contributed by atoms with Crippen LogP contribution in [0.4, 0.5) is 5.69 Å². The van der Waals surface area contributed by atoms with Crippen molar-refractivity contribution in [2.45, 2.75) is 13.5 Å². The van der Waals surface area contributed by atoms with E-state index < -0.39 is 11.8 Å². The van der Waals surface area contributed by atoms with Gasteiger partial charge in [-0.25, -0.2) is 4.98 Å². The van der Waals surface area contributed by atoms with E-state index in [4.69, 9.17) is 4.74 Å². The molecule has 0 aliphatic carbocycles. The van der Waals surface area contributed by atoms with Crippen LogP contribution in [0.15, 0.2) is 53.6 Å². The number of para-hydroxylation sites is 1. The number of ether oxygens (including phenoxy) is 1. The molecule has 0 atom stereocenters. The maximum absolute atomic E-state index is 12.4. The molecule has 3 aromatic rings. The molecule has 0 radical (unpaired) electrons. The van der Waals surface area contributed by atoms with Gasteiger partial charge in [0.25, 0.3) is 5.56 Å². The number of benzene rings is 2. The highest BCUT2D eigenvalue weighted by Crippen LogP contribution is 2.24. The summed E-state index contributed by atoms with van der Waals surface area (Å²) >= 11 is 0. The zero-order chi connectivity index (χ0) is 20.1. The van der Waals surface area contributed by atoms with E-state index in [0.29, 0.717) is 22.3 Å². The third-order valence-corrected chi connectivity index (χ3v) is 4.12. The Morgan fingerprint density at radius 3 is 2.71 bits per heavy atom. The molecule has 8 nitrogen and oxygen atoms in total. The van der Waals surface area contributed by atoms with E-state index in [1.165, 1.54) is 18.0 Å². The third kappa shape index (κ3) is 4.35. The van der Waals surface area contributed by atoms with Crippen molar-refractivity contribution in [3.8, 4) is 5.75 Å². The van der Waals surface area contributed by atoms with Crippen molar-refractivity contribution < 1.29 is 14.3 Å². The summed E-state index contributed by atoms with van der Waals surface area (Å²) in [6.45, 7) is 1.44. The number of aromatic nitrogens is 2. The molecule has 1 heterocycles. The number of anilines is 1. The number of aryl methyl sites for hydroxylation is 1. The number of carbonyl (C=O) groups excluding carboxylic acids is 2. The number of nitrogens with zero attached hydrogens (tertiary/aromatic N) is 2. The van der Waals surface area contributed by atoms with E-state index in [9.17, 15) is 14.4 Å². The van der Waals surface area contributed by atoms with Gasteiger partial charge in [-0.2, -0.15) is 0 Å². The van der Waals surface area contributed by atoms with Crippen molar-refractivity contribution in [2.24, 2.45) is 0 Å². The third-order valence-electron chi connectivity index (χ3n) is 4.12. The summed E-state index contributed by atoms with van der Waals surface area (Å²) in [5, 5.41) is 5.63. The predicted molar refractivity (Wildman–Crippen MR) is 105 cm³/mol. The highest BCUT2D eigenvalue weighted by atomic mass is 16.5. The average Bonchev–Trinajstić information content (AvgIpc) is 2.69. The molecule has 0 saturated heterocycles. The first-order valence-corrected chi connectivity index (χ1v) is 8.63. The zero-order valence-corrected chi connectivity index (χ0v) is 15.6. The van der Waals surface area contributed by atoms with Crippen LogP contribution in [-0.4, -0.2) is 35.0 Å². The smallest absolute Gasteiger partial charge is 0.261 e. The van der Waals surface area contributed by atoms with Gasteiger partial charge in [0.1, 0.15) is 12.3 Å². The summed E-state index contributed by atoms with van der Waals surface area (Å²) in [6, 6.07) is 12.3. The van der Waals surface area contributed by atoms with E-state index >= 15 is 0 Å². The SMILES string of the molecule is COc1ccc(C)cc1NC(=O)CNC(=O)Cn1cnc2ccccc2c1=O. The molecule has 2 N–H and O–H groups in total. The largest absolute Gasteiger partial charge is 0.495 e. The Labute approximate surface area is 161 Å². The molecular weight excluding hydrogens is 360 g/mol. The highest BCUT2D eigenvalue weighted by Gasteiger charge is 2.11. The fourth-order valence-corrected chi connectivity index (χ4v) is 2.72. The van der Waals surface area contributed by atoms with E-state index in [2.05, 4.69) is 15.6 Å². The Balaban J connectivity index is 1.60. The van der Waals surface area contributed by atoms with Crippen molar-refractivity contribution in [1.29, 1.82) is 0 Å². The van der Waals surface area contributed by atoms with Crippen molar-refractivity contribution in [2.75, 3.05) is 19.0 Å². The topological polar surface area (TPSA) is 102 Å². The Morgan fingerprint density at radius 1 is 1.14 bits per heavy atom. The van der Waals surface area contributed by atoms with E-state index in [-0.39, 0.29) is 18.6 Å². The van der Waals surface area contributed by atoms with Crippen LogP contribution in [-0.2, 0) is 16.1 Å². The number of rotatable bonds is 6. The average molecular weight is 380 g/mol. The Kier molecular flexibility index (Phi) is 5.69. The summed E-state index contributed by atoms with van der Waals surface area (Å²) in [5.41, 5.74) is 1.74. The summed E-state index contributed by atoms with van der Waals surface area (Å²) < 4.78 is 6.41. The van der Waals surface area contributed by atoms with Crippen LogP contribution in [0.25, 0.3) is 10.9 Å². The summed E-state index contributed by atoms with van der Waals surface area (Å²) in [6.07, 6.45) is 1.32.